The monoisotopic (exact) mass is 100.0 g/mol. The molecule has 32 valence electrons. The van der Waals surface area contributed by atoms with Crippen LogP contribution in [-0.2, 0) is 0 Å². The maximum Gasteiger partial charge on any atom is 0.148 e. The smallest absolute Gasteiger partial charge is 0.146 e. The van der Waals surface area contributed by atoms with Crippen LogP contribution in [0.1, 0.15) is 0 Å². The van der Waals surface area contributed by atoms with Crippen molar-refractivity contribution in [2.75, 3.05) is 0 Å². The maximum atomic E-state index is 10.5. The highest BCUT2D eigenvalue weighted by atomic mass is 32.2. The molecule has 2 nitrogen and oxygen atoms in total. The predicted molar refractivity (Wildman–Crippen MR) is 16.1 cm³/mol. The zero-order valence-corrected chi connectivity index (χ0v) is 2.98. The summed E-state index contributed by atoms with van der Waals surface area (Å²) in [5, 5.41) is 0. The molecule has 0 saturated carbocycles. The number of halogens is 2. The first-order valence-electron chi connectivity index (χ1n) is 0.797. The van der Waals surface area contributed by atoms with Gasteiger partial charge in [0.25, 0.3) is 0 Å². The van der Waals surface area contributed by atoms with Crippen molar-refractivity contribution in [1.29, 1.82) is 0 Å². The van der Waals surface area contributed by atoms with Crippen molar-refractivity contribution in [3.63, 3.8) is 0 Å². The number of nitrogens with one attached hydrogen (secondary N) is 2. The van der Waals surface area contributed by atoms with Crippen molar-refractivity contribution in [1.82, 2.24) is 10.5 Å². The minimum atomic E-state index is -0.334. The van der Waals surface area contributed by atoms with Crippen LogP contribution in [0, 0.1) is 0 Å². The third-order valence-electron chi connectivity index (χ3n) is 0.0772. The van der Waals surface area contributed by atoms with Crippen molar-refractivity contribution in [2.45, 2.75) is 0 Å². The van der Waals surface area contributed by atoms with E-state index in [1.54, 1.807) is 0 Å². The molecule has 0 amide bonds. The molecule has 0 aliphatic carbocycles. The van der Waals surface area contributed by atoms with E-state index >= 15 is 0 Å². The van der Waals surface area contributed by atoms with Crippen molar-refractivity contribution < 1.29 is 8.37 Å². The third-order valence-corrected chi connectivity index (χ3v) is 0.231. The van der Waals surface area contributed by atoms with Gasteiger partial charge < -0.3 is 0 Å². The fourth-order valence-corrected chi connectivity index (χ4v) is 0.0437. The van der Waals surface area contributed by atoms with Gasteiger partial charge in [0, 0.05) is 0 Å². The van der Waals surface area contributed by atoms with Crippen molar-refractivity contribution in [3.8, 4) is 0 Å². The first kappa shape index (κ1) is 5.13. The lowest BCUT2D eigenvalue weighted by molar-refractivity contribution is 0.318. The van der Waals surface area contributed by atoms with E-state index in [0.717, 1.165) is 5.65 Å². The molecule has 2 N–H and O–H groups in total. The van der Waals surface area contributed by atoms with Crippen LogP contribution in [0.25, 0.3) is 0 Å². The standard InChI is InChI=1S/F2H2N2S/c1-3-4-5-2/h3-4H. The summed E-state index contributed by atoms with van der Waals surface area (Å²) in [5.41, 5.74) is 0.855. The molecule has 0 spiro atoms. The van der Waals surface area contributed by atoms with E-state index in [1.165, 1.54) is 4.83 Å². The summed E-state index contributed by atoms with van der Waals surface area (Å²) in [6.07, 6.45) is 0. The Labute approximate surface area is 32.3 Å². The second-order valence-electron chi connectivity index (χ2n) is 0.274. The van der Waals surface area contributed by atoms with E-state index in [0.29, 0.717) is 0 Å². The maximum absolute atomic E-state index is 10.5. The first-order valence-corrected chi connectivity index (χ1v) is 1.51. The van der Waals surface area contributed by atoms with Gasteiger partial charge in [-0.25, -0.2) is 0 Å². The summed E-state index contributed by atoms with van der Waals surface area (Å²) >= 11 is -0.334. The van der Waals surface area contributed by atoms with Crippen LogP contribution in [0.4, 0.5) is 8.37 Å². The van der Waals surface area contributed by atoms with Crippen LogP contribution in [0.15, 0.2) is 0 Å². The Morgan fingerprint density at radius 3 is 2.20 bits per heavy atom. The molecule has 0 rings (SSSR count). The molecule has 0 aliphatic rings. The highest BCUT2D eigenvalue weighted by molar-refractivity contribution is 7.92. The summed E-state index contributed by atoms with van der Waals surface area (Å²) in [6.45, 7) is 0. The normalized spacial score (nSPS) is 8.40. The molecule has 0 fully saturated rings. The second-order valence-corrected chi connectivity index (χ2v) is 0.632. The quantitative estimate of drug-likeness (QED) is 0.300. The van der Waals surface area contributed by atoms with Crippen molar-refractivity contribution in [3.05, 3.63) is 0 Å². The SMILES string of the molecule is FNNSF. The average molecular weight is 100 g/mol. The molecule has 5 heteroatoms. The number of hydrogen-bond acceptors (Lipinski definition) is 3. The Balaban J connectivity index is 2.19. The summed E-state index contributed by atoms with van der Waals surface area (Å²) < 4.78 is 20.9. The van der Waals surface area contributed by atoms with Crippen LogP contribution < -0.4 is 10.5 Å². The zero-order valence-electron chi connectivity index (χ0n) is 2.16. The van der Waals surface area contributed by atoms with Crippen LogP contribution in [0.3, 0.4) is 0 Å². The second kappa shape index (κ2) is 4.13. The molecule has 0 aliphatic heterocycles. The van der Waals surface area contributed by atoms with Crippen LogP contribution in [-0.4, -0.2) is 0 Å². The Bertz CT molecular complexity index is 15.1. The molecule has 0 bridgehead atoms. The lowest BCUT2D eigenvalue weighted by Gasteiger charge is -1.79. The fourth-order valence-electron chi connectivity index (χ4n) is 0.0146. The van der Waals surface area contributed by atoms with Gasteiger partial charge in [-0.2, -0.15) is 0 Å². The summed E-state index contributed by atoms with van der Waals surface area (Å²) in [6, 6.07) is 0. The van der Waals surface area contributed by atoms with Gasteiger partial charge >= 0.3 is 0 Å². The van der Waals surface area contributed by atoms with Gasteiger partial charge in [0.15, 0.2) is 0 Å². The Morgan fingerprint density at radius 1 is 1.60 bits per heavy atom. The van der Waals surface area contributed by atoms with Gasteiger partial charge in [0.05, 0.1) is 0 Å². The van der Waals surface area contributed by atoms with Crippen LogP contribution in [0.5, 0.6) is 0 Å². The summed E-state index contributed by atoms with van der Waals surface area (Å²) in [4.78, 5) is 1.44. The number of rotatable bonds is 2. The molecule has 0 atom stereocenters. The number of hydrogen-bond donors (Lipinski definition) is 2. The molecule has 0 unspecified atom stereocenters. The van der Waals surface area contributed by atoms with E-state index in [2.05, 4.69) is 0 Å². The van der Waals surface area contributed by atoms with Gasteiger partial charge in [0.1, 0.15) is 12.3 Å². The molecular formula is H2F2N2S. The molecule has 5 heavy (non-hydrogen) atoms. The molecule has 0 aromatic carbocycles. The minimum Gasteiger partial charge on any atom is -0.146 e. The first-order chi connectivity index (χ1) is 2.41. The van der Waals surface area contributed by atoms with Gasteiger partial charge in [-0.3, -0.25) is 0 Å². The topological polar surface area (TPSA) is 24.1 Å². The highest BCUT2D eigenvalue weighted by Gasteiger charge is 1.69. The van der Waals surface area contributed by atoms with Gasteiger partial charge in [-0.15, -0.1) is 13.2 Å². The largest absolute Gasteiger partial charge is 0.148 e. The fraction of sp³-hybridized carbons (Fsp3) is 0. The van der Waals surface area contributed by atoms with E-state index in [4.69, 9.17) is 0 Å². The Kier molecular flexibility index (Phi) is 4.24. The lowest BCUT2D eigenvalue weighted by Crippen LogP contribution is -2.12. The molecule has 0 heterocycles. The number of hydrazine groups is 1. The van der Waals surface area contributed by atoms with E-state index in [1.807, 2.05) is 0 Å². The van der Waals surface area contributed by atoms with Gasteiger partial charge in [-0.1, -0.05) is 5.65 Å². The molecule has 0 aromatic heterocycles. The molecule has 0 aromatic rings. The predicted octanol–water partition coefficient (Wildman–Crippen LogP) is 0.498. The zero-order chi connectivity index (χ0) is 4.12. The molecular weight excluding hydrogens is 98.1 g/mol. The average Bonchev–Trinajstić information content (AvgIpc) is 1.41. The third kappa shape index (κ3) is 4.13. The van der Waals surface area contributed by atoms with E-state index < -0.39 is 0 Å². The van der Waals surface area contributed by atoms with Crippen LogP contribution >= 0.6 is 12.3 Å². The molecule has 0 saturated heterocycles. The van der Waals surface area contributed by atoms with Crippen molar-refractivity contribution in [2.24, 2.45) is 0 Å². The lowest BCUT2D eigenvalue weighted by atomic mass is 12.9. The Morgan fingerprint density at radius 2 is 2.20 bits per heavy atom. The molecule has 0 radical (unpaired) electrons. The van der Waals surface area contributed by atoms with E-state index in [-0.39, 0.29) is 12.3 Å². The van der Waals surface area contributed by atoms with Crippen molar-refractivity contribution >= 4 is 12.3 Å². The Hall–Kier alpha value is 0.130. The van der Waals surface area contributed by atoms with Gasteiger partial charge in [0.2, 0.25) is 0 Å². The van der Waals surface area contributed by atoms with Crippen LogP contribution in [0.2, 0.25) is 0 Å². The summed E-state index contributed by atoms with van der Waals surface area (Å²) in [5.74, 6) is 0. The van der Waals surface area contributed by atoms with Gasteiger partial charge in [-0.05, 0) is 0 Å². The van der Waals surface area contributed by atoms with E-state index in [9.17, 15) is 8.37 Å². The summed E-state index contributed by atoms with van der Waals surface area (Å²) in [7, 11) is 0. The minimum absolute atomic E-state index is 0.334. The highest BCUT2D eigenvalue weighted by Crippen LogP contribution is 1.85.